The monoisotopic (exact) mass is 388 g/mol. The lowest BCUT2D eigenvalue weighted by molar-refractivity contribution is 0.0615. The smallest absolute Gasteiger partial charge is 0.274 e. The number of aryl methyl sites for hydroxylation is 2. The Morgan fingerprint density at radius 1 is 1.22 bits per heavy atom. The van der Waals surface area contributed by atoms with Crippen molar-refractivity contribution in [1.82, 2.24) is 14.7 Å². The van der Waals surface area contributed by atoms with Crippen LogP contribution in [0.15, 0.2) is 18.2 Å². The van der Waals surface area contributed by atoms with Gasteiger partial charge in [-0.1, -0.05) is 17.7 Å². The van der Waals surface area contributed by atoms with E-state index in [2.05, 4.69) is 32.0 Å². The molecule has 1 amide bonds. The third-order valence-corrected chi connectivity index (χ3v) is 5.87. The van der Waals surface area contributed by atoms with Crippen molar-refractivity contribution in [2.75, 3.05) is 13.1 Å². The molecule has 1 aliphatic carbocycles. The molecule has 1 atom stereocenters. The van der Waals surface area contributed by atoms with Crippen LogP contribution in [0, 0.1) is 13.8 Å². The molecule has 0 radical (unpaired) electrons. The number of rotatable bonds is 3. The van der Waals surface area contributed by atoms with Crippen LogP contribution in [-0.4, -0.2) is 39.7 Å². The number of fused-ring (bicyclic) bond motifs is 1. The van der Waals surface area contributed by atoms with Crippen molar-refractivity contribution in [3.63, 3.8) is 0 Å². The highest BCUT2D eigenvalue weighted by Crippen LogP contribution is 2.31. The minimum absolute atomic E-state index is 0. The minimum Gasteiger partial charge on any atom is -0.333 e. The van der Waals surface area contributed by atoms with Gasteiger partial charge in [-0.25, -0.2) is 4.68 Å². The van der Waals surface area contributed by atoms with Crippen molar-refractivity contribution in [3.8, 4) is 5.69 Å². The van der Waals surface area contributed by atoms with Gasteiger partial charge < -0.3 is 10.6 Å². The fourth-order valence-electron chi connectivity index (χ4n) is 4.50. The van der Waals surface area contributed by atoms with Gasteiger partial charge in [0.05, 0.1) is 5.69 Å². The van der Waals surface area contributed by atoms with Gasteiger partial charge in [-0.15, -0.1) is 12.4 Å². The molecule has 1 unspecified atom stereocenters. The Morgan fingerprint density at radius 2 is 2.04 bits per heavy atom. The highest BCUT2D eigenvalue weighted by Gasteiger charge is 2.33. The molecule has 2 aromatic rings. The van der Waals surface area contributed by atoms with Gasteiger partial charge >= 0.3 is 0 Å². The Morgan fingerprint density at radius 3 is 2.78 bits per heavy atom. The third-order valence-electron chi connectivity index (χ3n) is 5.87. The summed E-state index contributed by atoms with van der Waals surface area (Å²) >= 11 is 0. The van der Waals surface area contributed by atoms with Crippen molar-refractivity contribution >= 4 is 18.3 Å². The van der Waals surface area contributed by atoms with Crippen molar-refractivity contribution in [2.45, 2.75) is 58.4 Å². The molecule has 27 heavy (non-hydrogen) atoms. The SMILES string of the molecule is Cc1ccc(-n2nc(C(=O)N3CCCCC3CN)c3c2CCC3)c(C)c1.Cl. The first-order chi connectivity index (χ1) is 12.6. The van der Waals surface area contributed by atoms with Gasteiger partial charge in [0.15, 0.2) is 5.69 Å². The highest BCUT2D eigenvalue weighted by atomic mass is 35.5. The van der Waals surface area contributed by atoms with E-state index in [1.54, 1.807) is 0 Å². The van der Waals surface area contributed by atoms with Crippen molar-refractivity contribution in [3.05, 3.63) is 46.3 Å². The molecule has 0 spiro atoms. The Labute approximate surface area is 167 Å². The first-order valence-corrected chi connectivity index (χ1v) is 9.79. The largest absolute Gasteiger partial charge is 0.333 e. The van der Waals surface area contributed by atoms with Crippen LogP contribution in [0.25, 0.3) is 5.69 Å². The van der Waals surface area contributed by atoms with E-state index in [1.807, 2.05) is 9.58 Å². The van der Waals surface area contributed by atoms with Crippen molar-refractivity contribution in [1.29, 1.82) is 0 Å². The van der Waals surface area contributed by atoms with Crippen molar-refractivity contribution in [2.24, 2.45) is 5.73 Å². The number of likely N-dealkylation sites (tertiary alicyclic amines) is 1. The van der Waals surface area contributed by atoms with Gasteiger partial charge in [0, 0.05) is 30.4 Å². The van der Waals surface area contributed by atoms with E-state index in [0.29, 0.717) is 12.2 Å². The normalized spacial score (nSPS) is 18.9. The van der Waals surface area contributed by atoms with Gasteiger partial charge in [-0.05, 0) is 64.0 Å². The highest BCUT2D eigenvalue weighted by molar-refractivity contribution is 5.94. The van der Waals surface area contributed by atoms with E-state index >= 15 is 0 Å². The summed E-state index contributed by atoms with van der Waals surface area (Å²) in [7, 11) is 0. The maximum Gasteiger partial charge on any atom is 0.274 e. The summed E-state index contributed by atoms with van der Waals surface area (Å²) in [6.45, 7) is 5.54. The molecule has 4 rings (SSSR count). The number of hydrogen-bond donors (Lipinski definition) is 1. The summed E-state index contributed by atoms with van der Waals surface area (Å²) in [5.41, 5.74) is 12.5. The molecule has 2 aliphatic rings. The van der Waals surface area contributed by atoms with E-state index in [0.717, 1.165) is 56.3 Å². The summed E-state index contributed by atoms with van der Waals surface area (Å²) < 4.78 is 2.02. The van der Waals surface area contributed by atoms with Gasteiger partial charge in [-0.3, -0.25) is 4.79 Å². The van der Waals surface area contributed by atoms with E-state index in [4.69, 9.17) is 10.8 Å². The summed E-state index contributed by atoms with van der Waals surface area (Å²) in [5, 5.41) is 4.82. The van der Waals surface area contributed by atoms with Crippen LogP contribution in [0.5, 0.6) is 0 Å². The van der Waals surface area contributed by atoms with Crippen LogP contribution >= 0.6 is 12.4 Å². The van der Waals surface area contributed by atoms with Crippen LogP contribution in [0.3, 0.4) is 0 Å². The predicted molar refractivity (Wildman–Crippen MR) is 110 cm³/mol. The molecule has 6 heteroatoms. The summed E-state index contributed by atoms with van der Waals surface area (Å²) in [5.74, 6) is 0.0711. The first-order valence-electron chi connectivity index (χ1n) is 9.79. The zero-order valence-electron chi connectivity index (χ0n) is 16.2. The lowest BCUT2D eigenvalue weighted by Gasteiger charge is -2.34. The molecular weight excluding hydrogens is 360 g/mol. The lowest BCUT2D eigenvalue weighted by atomic mass is 10.0. The number of amides is 1. The first kappa shape index (κ1) is 19.9. The molecule has 1 aliphatic heterocycles. The maximum absolute atomic E-state index is 13.3. The molecule has 1 aromatic heterocycles. The Hall–Kier alpha value is -1.85. The van der Waals surface area contributed by atoms with Crippen molar-refractivity contribution < 1.29 is 4.79 Å². The molecule has 1 fully saturated rings. The van der Waals surface area contributed by atoms with E-state index < -0.39 is 0 Å². The molecule has 1 saturated heterocycles. The van der Waals surface area contributed by atoms with Crippen LogP contribution < -0.4 is 5.73 Å². The molecule has 5 nitrogen and oxygen atoms in total. The topological polar surface area (TPSA) is 64.2 Å². The predicted octanol–water partition coefficient (Wildman–Crippen LogP) is 3.35. The minimum atomic E-state index is 0. The van der Waals surface area contributed by atoms with E-state index in [9.17, 15) is 4.79 Å². The summed E-state index contributed by atoms with van der Waals surface area (Å²) in [6.07, 6.45) is 6.25. The number of aromatic nitrogens is 2. The summed E-state index contributed by atoms with van der Waals surface area (Å²) in [6, 6.07) is 6.56. The third kappa shape index (κ3) is 3.50. The van der Waals surface area contributed by atoms with Crippen LogP contribution in [0.2, 0.25) is 0 Å². The number of benzene rings is 1. The standard InChI is InChI=1S/C21H28N4O.ClH/c1-14-9-10-18(15(2)12-14)25-19-8-5-7-17(19)20(23-25)21(26)24-11-4-3-6-16(24)13-22;/h9-10,12,16H,3-8,11,13,22H2,1-2H3;1H. The number of halogens is 1. The fraction of sp³-hybridized carbons (Fsp3) is 0.524. The quantitative estimate of drug-likeness (QED) is 0.876. The molecule has 1 aromatic carbocycles. The van der Waals surface area contributed by atoms with Gasteiger partial charge in [0.2, 0.25) is 0 Å². The fourth-order valence-corrected chi connectivity index (χ4v) is 4.50. The lowest BCUT2D eigenvalue weighted by Crippen LogP contribution is -2.47. The number of hydrogen-bond acceptors (Lipinski definition) is 3. The number of nitrogens with two attached hydrogens (primary N) is 1. The average molecular weight is 389 g/mol. The molecule has 146 valence electrons. The molecule has 2 heterocycles. The van der Waals surface area contributed by atoms with Crippen LogP contribution in [-0.2, 0) is 12.8 Å². The second-order valence-electron chi connectivity index (χ2n) is 7.71. The van der Waals surface area contributed by atoms with E-state index in [1.165, 1.54) is 16.8 Å². The molecule has 0 bridgehead atoms. The maximum atomic E-state index is 13.3. The van der Waals surface area contributed by atoms with Gasteiger partial charge in [0.25, 0.3) is 5.91 Å². The molecule has 2 N–H and O–H groups in total. The van der Waals surface area contributed by atoms with Gasteiger partial charge in [0.1, 0.15) is 0 Å². The molecule has 0 saturated carbocycles. The average Bonchev–Trinajstić information content (AvgIpc) is 3.24. The number of nitrogens with zero attached hydrogens (tertiary/aromatic N) is 3. The second kappa shape index (κ2) is 8.03. The Bertz CT molecular complexity index is 845. The van der Waals surface area contributed by atoms with E-state index in [-0.39, 0.29) is 24.4 Å². The zero-order valence-corrected chi connectivity index (χ0v) is 17.0. The van der Waals surface area contributed by atoms with Crippen LogP contribution in [0.1, 0.15) is 58.6 Å². The Balaban J connectivity index is 0.00000210. The summed E-state index contributed by atoms with van der Waals surface area (Å²) in [4.78, 5) is 15.3. The zero-order chi connectivity index (χ0) is 18.3. The number of carbonyl (C=O) groups excluding carboxylic acids is 1. The van der Waals surface area contributed by atoms with Crippen LogP contribution in [0.4, 0.5) is 0 Å². The number of piperidine rings is 1. The second-order valence-corrected chi connectivity index (χ2v) is 7.71. The molecular formula is C21H29ClN4O. The Kier molecular flexibility index (Phi) is 5.92. The van der Waals surface area contributed by atoms with Gasteiger partial charge in [-0.2, -0.15) is 5.10 Å². The number of carbonyl (C=O) groups is 1.